The summed E-state index contributed by atoms with van der Waals surface area (Å²) in [6, 6.07) is 3.32. The van der Waals surface area contributed by atoms with Gasteiger partial charge in [-0.05, 0) is 37.3 Å². The summed E-state index contributed by atoms with van der Waals surface area (Å²) in [7, 11) is 0. The monoisotopic (exact) mass is 340 g/mol. The average Bonchev–Trinajstić information content (AvgIpc) is 3.33. The first-order valence-electron chi connectivity index (χ1n) is 9.00. The van der Waals surface area contributed by atoms with E-state index in [4.69, 9.17) is 10.7 Å². The van der Waals surface area contributed by atoms with E-state index in [0.29, 0.717) is 36.3 Å². The molecule has 132 valence electrons. The molecule has 2 aromatic heterocycles. The molecule has 2 N–H and O–H groups in total. The molecule has 7 heteroatoms. The van der Waals surface area contributed by atoms with Crippen LogP contribution in [0.1, 0.15) is 67.1 Å². The third-order valence-electron chi connectivity index (χ3n) is 4.87. The SMILES string of the molecule is CC(C)C[C@H]1c2nc(C3CC3)nn2CCN1C(=O)c1ccnc(N)c1. The van der Waals surface area contributed by atoms with Crippen molar-refractivity contribution < 1.29 is 4.79 Å². The normalized spacial score (nSPS) is 20.0. The Hall–Kier alpha value is -2.44. The molecule has 0 aromatic carbocycles. The maximum absolute atomic E-state index is 13.1. The van der Waals surface area contributed by atoms with Crippen molar-refractivity contribution in [2.24, 2.45) is 5.92 Å². The van der Waals surface area contributed by atoms with E-state index in [-0.39, 0.29) is 11.9 Å². The predicted octanol–water partition coefficient (Wildman–Crippen LogP) is 2.38. The number of anilines is 1. The number of aromatic nitrogens is 4. The van der Waals surface area contributed by atoms with Gasteiger partial charge in [-0.15, -0.1) is 0 Å². The van der Waals surface area contributed by atoms with Gasteiger partial charge in [0.25, 0.3) is 5.91 Å². The molecule has 0 unspecified atom stereocenters. The lowest BCUT2D eigenvalue weighted by molar-refractivity contribution is 0.0578. The van der Waals surface area contributed by atoms with Gasteiger partial charge in [-0.1, -0.05) is 13.8 Å². The molecular weight excluding hydrogens is 316 g/mol. The van der Waals surface area contributed by atoms with E-state index in [9.17, 15) is 4.79 Å². The summed E-state index contributed by atoms with van der Waals surface area (Å²) in [5.74, 6) is 3.20. The number of nitrogen functional groups attached to an aromatic ring is 1. The fourth-order valence-electron chi connectivity index (χ4n) is 3.47. The highest BCUT2D eigenvalue weighted by atomic mass is 16.2. The summed E-state index contributed by atoms with van der Waals surface area (Å²) in [5.41, 5.74) is 6.33. The quantitative estimate of drug-likeness (QED) is 0.923. The third-order valence-corrected chi connectivity index (χ3v) is 4.87. The van der Waals surface area contributed by atoms with E-state index in [0.717, 1.165) is 18.1 Å². The molecule has 7 nitrogen and oxygen atoms in total. The number of nitrogens with zero attached hydrogens (tertiary/aromatic N) is 5. The molecule has 1 atom stereocenters. The summed E-state index contributed by atoms with van der Waals surface area (Å²) >= 11 is 0. The number of amides is 1. The van der Waals surface area contributed by atoms with Crippen LogP contribution in [-0.4, -0.2) is 37.1 Å². The largest absolute Gasteiger partial charge is 0.384 e. The van der Waals surface area contributed by atoms with Gasteiger partial charge in [-0.25, -0.2) is 14.6 Å². The van der Waals surface area contributed by atoms with E-state index in [2.05, 4.69) is 23.9 Å². The minimum atomic E-state index is -0.0457. The van der Waals surface area contributed by atoms with Crippen LogP contribution in [0.2, 0.25) is 0 Å². The number of fused-ring (bicyclic) bond motifs is 1. The van der Waals surface area contributed by atoms with Gasteiger partial charge in [-0.2, -0.15) is 5.10 Å². The van der Waals surface area contributed by atoms with Gasteiger partial charge in [0.2, 0.25) is 0 Å². The first kappa shape index (κ1) is 16.1. The molecule has 0 spiro atoms. The summed E-state index contributed by atoms with van der Waals surface area (Å²) in [6.45, 7) is 5.67. The van der Waals surface area contributed by atoms with Crippen LogP contribution in [0.15, 0.2) is 18.3 Å². The molecule has 1 aliphatic heterocycles. The van der Waals surface area contributed by atoms with Crippen molar-refractivity contribution >= 4 is 11.7 Å². The van der Waals surface area contributed by atoms with Crippen LogP contribution >= 0.6 is 0 Å². The van der Waals surface area contributed by atoms with E-state index in [1.54, 1.807) is 18.3 Å². The lowest BCUT2D eigenvalue weighted by atomic mass is 9.99. The van der Waals surface area contributed by atoms with Crippen LogP contribution < -0.4 is 5.73 Å². The van der Waals surface area contributed by atoms with Gasteiger partial charge in [-0.3, -0.25) is 4.79 Å². The van der Waals surface area contributed by atoms with Crippen LogP contribution in [-0.2, 0) is 6.54 Å². The first-order chi connectivity index (χ1) is 12.0. The maximum atomic E-state index is 13.1. The predicted molar refractivity (Wildman–Crippen MR) is 93.9 cm³/mol. The average molecular weight is 340 g/mol. The summed E-state index contributed by atoms with van der Waals surface area (Å²) in [5, 5.41) is 4.69. The first-order valence-corrected chi connectivity index (χ1v) is 9.00. The van der Waals surface area contributed by atoms with E-state index >= 15 is 0 Å². The maximum Gasteiger partial charge on any atom is 0.254 e. The number of carbonyl (C=O) groups excluding carboxylic acids is 1. The lowest BCUT2D eigenvalue weighted by Gasteiger charge is -2.36. The van der Waals surface area contributed by atoms with Crippen LogP contribution in [0.4, 0.5) is 5.82 Å². The Morgan fingerprint density at radius 2 is 2.16 bits per heavy atom. The van der Waals surface area contributed by atoms with E-state index < -0.39 is 0 Å². The summed E-state index contributed by atoms with van der Waals surface area (Å²) < 4.78 is 2.01. The summed E-state index contributed by atoms with van der Waals surface area (Å²) in [6.07, 6.45) is 4.81. The van der Waals surface area contributed by atoms with Crippen LogP contribution in [0.5, 0.6) is 0 Å². The zero-order valence-electron chi connectivity index (χ0n) is 14.7. The Kier molecular flexibility index (Phi) is 3.94. The number of nitrogens with two attached hydrogens (primary N) is 1. The van der Waals surface area contributed by atoms with Crippen molar-refractivity contribution in [1.82, 2.24) is 24.6 Å². The van der Waals surface area contributed by atoms with E-state index in [1.807, 2.05) is 9.58 Å². The molecule has 3 heterocycles. The van der Waals surface area contributed by atoms with Crippen molar-refractivity contribution in [1.29, 1.82) is 0 Å². The fourth-order valence-corrected chi connectivity index (χ4v) is 3.47. The molecule has 2 aromatic rings. The van der Waals surface area contributed by atoms with E-state index in [1.165, 1.54) is 12.8 Å². The second kappa shape index (κ2) is 6.13. The van der Waals surface area contributed by atoms with Gasteiger partial charge >= 0.3 is 0 Å². The van der Waals surface area contributed by atoms with Crippen LogP contribution in [0, 0.1) is 5.92 Å². The molecule has 1 amide bonds. The Balaban J connectivity index is 1.67. The molecular formula is C18H24N6O. The molecule has 0 saturated heterocycles. The molecule has 1 saturated carbocycles. The van der Waals surface area contributed by atoms with Gasteiger partial charge in [0, 0.05) is 24.2 Å². The van der Waals surface area contributed by atoms with Crippen molar-refractivity contribution in [3.63, 3.8) is 0 Å². The third kappa shape index (κ3) is 3.10. The number of rotatable bonds is 4. The standard InChI is InChI=1S/C18H24N6O/c1-11(2)9-14-17-21-16(12-3-4-12)22-24(17)8-7-23(14)18(25)13-5-6-20-15(19)10-13/h5-6,10-12,14H,3-4,7-9H2,1-2H3,(H2,19,20)/t14-/m0/s1. The zero-order valence-corrected chi connectivity index (χ0v) is 14.7. The van der Waals surface area contributed by atoms with Crippen molar-refractivity contribution in [2.45, 2.75) is 51.6 Å². The number of hydrogen-bond donors (Lipinski definition) is 1. The molecule has 2 aliphatic rings. The van der Waals surface area contributed by atoms with Gasteiger partial charge in [0.1, 0.15) is 11.6 Å². The molecule has 0 radical (unpaired) electrons. The van der Waals surface area contributed by atoms with Crippen molar-refractivity contribution in [3.8, 4) is 0 Å². The lowest BCUT2D eigenvalue weighted by Crippen LogP contribution is -2.43. The Bertz CT molecular complexity index is 795. The Labute approximate surface area is 147 Å². The minimum Gasteiger partial charge on any atom is -0.384 e. The van der Waals surface area contributed by atoms with Crippen LogP contribution in [0.25, 0.3) is 0 Å². The smallest absolute Gasteiger partial charge is 0.254 e. The zero-order chi connectivity index (χ0) is 17.6. The molecule has 0 bridgehead atoms. The topological polar surface area (TPSA) is 89.9 Å². The second-order valence-electron chi connectivity index (χ2n) is 7.44. The van der Waals surface area contributed by atoms with Crippen molar-refractivity contribution in [2.75, 3.05) is 12.3 Å². The van der Waals surface area contributed by atoms with Gasteiger partial charge in [0.05, 0.1) is 12.6 Å². The Morgan fingerprint density at radius 1 is 1.36 bits per heavy atom. The highest BCUT2D eigenvalue weighted by Crippen LogP contribution is 2.40. The van der Waals surface area contributed by atoms with Crippen molar-refractivity contribution in [3.05, 3.63) is 35.5 Å². The molecule has 4 rings (SSSR count). The highest BCUT2D eigenvalue weighted by Gasteiger charge is 2.37. The highest BCUT2D eigenvalue weighted by molar-refractivity contribution is 5.95. The molecule has 1 fully saturated rings. The van der Waals surface area contributed by atoms with Gasteiger partial charge < -0.3 is 10.6 Å². The molecule has 25 heavy (non-hydrogen) atoms. The Morgan fingerprint density at radius 3 is 2.84 bits per heavy atom. The second-order valence-corrected chi connectivity index (χ2v) is 7.44. The van der Waals surface area contributed by atoms with Gasteiger partial charge in [0.15, 0.2) is 5.82 Å². The number of hydrogen-bond acceptors (Lipinski definition) is 5. The number of carbonyl (C=O) groups is 1. The minimum absolute atomic E-state index is 0.0121. The summed E-state index contributed by atoms with van der Waals surface area (Å²) in [4.78, 5) is 23.8. The fraction of sp³-hybridized carbons (Fsp3) is 0.556. The number of pyridine rings is 1. The molecule has 1 aliphatic carbocycles. The van der Waals surface area contributed by atoms with Crippen LogP contribution in [0.3, 0.4) is 0 Å².